The molecule has 0 aliphatic heterocycles. The van der Waals surface area contributed by atoms with E-state index in [-0.39, 0.29) is 16.9 Å². The van der Waals surface area contributed by atoms with Gasteiger partial charge in [-0.2, -0.15) is 0 Å². The number of nitrogens with one attached hydrogen (secondary N) is 1. The molecule has 0 heterocycles. The lowest BCUT2D eigenvalue weighted by molar-refractivity contribution is 0.103. The van der Waals surface area contributed by atoms with Crippen molar-refractivity contribution in [3.63, 3.8) is 0 Å². The average Bonchev–Trinajstić information content (AvgIpc) is 2.20. The first kappa shape index (κ1) is 9.98. The molecule has 0 saturated heterocycles. The Balaban J connectivity index is 3.13. The van der Waals surface area contributed by atoms with Crippen molar-refractivity contribution in [3.8, 4) is 5.75 Å². The van der Waals surface area contributed by atoms with E-state index in [2.05, 4.69) is 0 Å². The second-order valence-corrected chi connectivity index (χ2v) is 2.58. The average molecular weight is 191 g/mol. The third-order valence-electron chi connectivity index (χ3n) is 1.71. The largest absolute Gasteiger partial charge is 0.515 e. The molecular weight excluding hydrogens is 182 g/mol. The first-order valence-corrected chi connectivity index (χ1v) is 3.88. The Bertz CT molecular complexity index is 396. The van der Waals surface area contributed by atoms with Gasteiger partial charge in [0.05, 0.1) is 17.4 Å². The van der Waals surface area contributed by atoms with Crippen molar-refractivity contribution in [3.05, 3.63) is 41.7 Å². The van der Waals surface area contributed by atoms with Crippen molar-refractivity contribution in [1.29, 1.82) is 5.41 Å². The summed E-state index contributed by atoms with van der Waals surface area (Å²) in [6.07, 6.45) is 1.27. The Labute approximate surface area is 80.6 Å². The number of phenolic OH excluding ortho intramolecular Hbond substituents is 1. The fourth-order valence-electron chi connectivity index (χ4n) is 0.983. The quantitative estimate of drug-likeness (QED) is 0.294. The highest BCUT2D eigenvalue weighted by Crippen LogP contribution is 2.18. The van der Waals surface area contributed by atoms with Gasteiger partial charge in [0.2, 0.25) is 5.78 Å². The summed E-state index contributed by atoms with van der Waals surface area (Å²) in [5.41, 5.74) is -0.109. The van der Waals surface area contributed by atoms with Gasteiger partial charge in [0.15, 0.2) is 0 Å². The lowest BCUT2D eigenvalue weighted by atomic mass is 10.0. The Kier molecular flexibility index (Phi) is 3.01. The molecule has 1 aromatic rings. The first-order chi connectivity index (χ1) is 6.70. The number of hydrogen-bond acceptors (Lipinski definition) is 4. The van der Waals surface area contributed by atoms with E-state index >= 15 is 0 Å². The summed E-state index contributed by atoms with van der Waals surface area (Å²) in [7, 11) is 0. The van der Waals surface area contributed by atoms with Crippen molar-refractivity contribution in [1.82, 2.24) is 0 Å². The minimum absolute atomic E-state index is 0.0660. The monoisotopic (exact) mass is 191 g/mol. The number of benzene rings is 1. The molecule has 4 nitrogen and oxygen atoms in total. The Hall–Kier alpha value is -2.10. The summed E-state index contributed by atoms with van der Waals surface area (Å²) in [6, 6.07) is 5.96. The predicted octanol–water partition coefficient (Wildman–Crippen LogP) is 1.67. The Morgan fingerprint density at radius 3 is 2.50 bits per heavy atom. The van der Waals surface area contributed by atoms with Gasteiger partial charge in [-0.25, -0.2) is 0 Å². The van der Waals surface area contributed by atoms with Crippen molar-refractivity contribution in [2.45, 2.75) is 0 Å². The molecule has 3 N–H and O–H groups in total. The van der Waals surface area contributed by atoms with Gasteiger partial charge in [0, 0.05) is 6.21 Å². The van der Waals surface area contributed by atoms with Crippen molar-refractivity contribution in [2.75, 3.05) is 0 Å². The molecule has 0 fully saturated rings. The molecule has 1 aromatic carbocycles. The minimum atomic E-state index is -0.583. The zero-order valence-corrected chi connectivity index (χ0v) is 7.27. The maximum Gasteiger partial charge on any atom is 0.201 e. The summed E-state index contributed by atoms with van der Waals surface area (Å²) in [6.45, 7) is 0. The molecular formula is C10H9NO3. The molecule has 0 saturated carbocycles. The fraction of sp³-hybridized carbons (Fsp3) is 0. The molecule has 0 bridgehead atoms. The Morgan fingerprint density at radius 2 is 2.00 bits per heavy atom. The summed E-state index contributed by atoms with van der Waals surface area (Å²) >= 11 is 0. The van der Waals surface area contributed by atoms with Crippen LogP contribution >= 0.6 is 0 Å². The van der Waals surface area contributed by atoms with Crippen LogP contribution in [0.5, 0.6) is 5.75 Å². The van der Waals surface area contributed by atoms with Gasteiger partial charge in [-0.1, -0.05) is 12.1 Å². The number of aromatic hydroxyl groups is 1. The molecule has 0 aliphatic carbocycles. The maximum absolute atomic E-state index is 11.5. The van der Waals surface area contributed by atoms with Crippen molar-refractivity contribution >= 4 is 12.0 Å². The number of para-hydroxylation sites is 1. The number of hydrogen-bond donors (Lipinski definition) is 3. The number of phenols is 1. The molecule has 72 valence electrons. The number of carbonyl (C=O) groups excluding carboxylic acids is 1. The van der Waals surface area contributed by atoms with Crippen LogP contribution in [0.2, 0.25) is 0 Å². The zero-order chi connectivity index (χ0) is 10.6. The van der Waals surface area contributed by atoms with Gasteiger partial charge >= 0.3 is 0 Å². The smallest absolute Gasteiger partial charge is 0.201 e. The standard InChI is InChI=1S/C10H9NO3/c11-5-7(6-12)10(14)8-3-1-2-4-9(8)13/h1-6,11-13H/b7-6+,11-5?. The minimum Gasteiger partial charge on any atom is -0.515 e. The van der Waals surface area contributed by atoms with Crippen LogP contribution in [-0.4, -0.2) is 22.2 Å². The SMILES string of the molecule is N=C/C(=C\O)C(=O)c1ccccc1O. The van der Waals surface area contributed by atoms with Crippen molar-refractivity contribution < 1.29 is 15.0 Å². The number of ketones is 1. The number of rotatable bonds is 3. The summed E-state index contributed by atoms with van der Waals surface area (Å²) < 4.78 is 0. The number of aliphatic hydroxyl groups is 1. The van der Waals surface area contributed by atoms with Gasteiger partial charge < -0.3 is 15.6 Å². The van der Waals surface area contributed by atoms with Gasteiger partial charge in [0.25, 0.3) is 0 Å². The second-order valence-electron chi connectivity index (χ2n) is 2.58. The predicted molar refractivity (Wildman–Crippen MR) is 51.9 cm³/mol. The molecule has 14 heavy (non-hydrogen) atoms. The number of aliphatic hydroxyl groups excluding tert-OH is 1. The van der Waals surface area contributed by atoms with Crippen LogP contribution in [0.4, 0.5) is 0 Å². The van der Waals surface area contributed by atoms with Crippen molar-refractivity contribution in [2.24, 2.45) is 0 Å². The van der Waals surface area contributed by atoms with Crippen LogP contribution in [-0.2, 0) is 0 Å². The molecule has 0 unspecified atom stereocenters. The molecule has 0 aromatic heterocycles. The third kappa shape index (κ3) is 1.80. The highest BCUT2D eigenvalue weighted by molar-refractivity contribution is 6.21. The van der Waals surface area contributed by atoms with E-state index in [0.717, 1.165) is 6.21 Å². The molecule has 0 amide bonds. The van der Waals surface area contributed by atoms with Gasteiger partial charge in [-0.05, 0) is 12.1 Å². The van der Waals surface area contributed by atoms with Gasteiger partial charge in [-0.15, -0.1) is 0 Å². The van der Waals surface area contributed by atoms with Crippen LogP contribution < -0.4 is 0 Å². The zero-order valence-electron chi connectivity index (χ0n) is 7.27. The van der Waals surface area contributed by atoms with Gasteiger partial charge in [-0.3, -0.25) is 4.79 Å². The van der Waals surface area contributed by atoms with Crippen LogP contribution in [0.3, 0.4) is 0 Å². The van der Waals surface area contributed by atoms with Crippen LogP contribution in [0, 0.1) is 5.41 Å². The van der Waals surface area contributed by atoms with E-state index < -0.39 is 5.78 Å². The molecule has 0 radical (unpaired) electrons. The van der Waals surface area contributed by atoms with Crippen LogP contribution in [0.25, 0.3) is 0 Å². The topological polar surface area (TPSA) is 81.4 Å². The number of carbonyl (C=O) groups is 1. The molecule has 4 heteroatoms. The molecule has 0 aliphatic rings. The van der Waals surface area contributed by atoms with E-state index in [1.54, 1.807) is 12.1 Å². The van der Waals surface area contributed by atoms with E-state index in [1.165, 1.54) is 12.1 Å². The third-order valence-corrected chi connectivity index (χ3v) is 1.71. The van der Waals surface area contributed by atoms with E-state index in [0.29, 0.717) is 6.26 Å². The molecule has 0 spiro atoms. The maximum atomic E-state index is 11.5. The van der Waals surface area contributed by atoms with Gasteiger partial charge in [0.1, 0.15) is 5.75 Å². The lowest BCUT2D eigenvalue weighted by Crippen LogP contribution is -2.04. The normalized spacial score (nSPS) is 11.0. The van der Waals surface area contributed by atoms with E-state index in [1.807, 2.05) is 0 Å². The second kappa shape index (κ2) is 4.23. The summed E-state index contributed by atoms with van der Waals surface area (Å²) in [5.74, 6) is -0.751. The number of allylic oxidation sites excluding steroid dienone is 1. The molecule has 1 rings (SSSR count). The Morgan fingerprint density at radius 1 is 1.36 bits per heavy atom. The fourth-order valence-corrected chi connectivity index (χ4v) is 0.983. The van der Waals surface area contributed by atoms with Crippen LogP contribution in [0.15, 0.2) is 36.1 Å². The molecule has 0 atom stereocenters. The lowest BCUT2D eigenvalue weighted by Gasteiger charge is -2.01. The van der Waals surface area contributed by atoms with E-state index in [9.17, 15) is 9.90 Å². The van der Waals surface area contributed by atoms with E-state index in [4.69, 9.17) is 10.5 Å². The van der Waals surface area contributed by atoms with Crippen LogP contribution in [0.1, 0.15) is 10.4 Å². The number of Topliss-reactive ketones (excluding diaryl/α,β-unsaturated/α-hetero) is 1. The highest BCUT2D eigenvalue weighted by atomic mass is 16.3. The first-order valence-electron chi connectivity index (χ1n) is 3.88. The summed E-state index contributed by atoms with van der Waals surface area (Å²) in [5, 5.41) is 24.8. The highest BCUT2D eigenvalue weighted by Gasteiger charge is 2.13. The summed E-state index contributed by atoms with van der Waals surface area (Å²) in [4.78, 5) is 11.5.